The van der Waals surface area contributed by atoms with Crippen LogP contribution >= 0.6 is 11.6 Å². The summed E-state index contributed by atoms with van der Waals surface area (Å²) >= 11 is 6.00. The third-order valence-electron chi connectivity index (χ3n) is 1.71. The molecule has 1 aliphatic heterocycles. The van der Waals surface area contributed by atoms with Crippen LogP contribution in [-0.4, -0.2) is 19.0 Å². The average molecular weight is 198 g/mol. The highest BCUT2D eigenvalue weighted by Gasteiger charge is 2.10. The molecule has 3 nitrogen and oxygen atoms in total. The number of nitrogens with zero attached hydrogens (tertiary/aromatic N) is 2. The van der Waals surface area contributed by atoms with Gasteiger partial charge in [-0.2, -0.15) is 0 Å². The number of halogens is 1. The Hall–Kier alpha value is -1.09. The highest BCUT2D eigenvalue weighted by molar-refractivity contribution is 6.33. The summed E-state index contributed by atoms with van der Waals surface area (Å²) in [6.07, 6.45) is 6.70. The van der Waals surface area contributed by atoms with Crippen LogP contribution in [0.3, 0.4) is 0 Å². The summed E-state index contributed by atoms with van der Waals surface area (Å²) in [5.74, 6) is 0. The van der Waals surface area contributed by atoms with Crippen molar-refractivity contribution in [3.05, 3.63) is 23.0 Å². The maximum absolute atomic E-state index is 6.00. The topological polar surface area (TPSA) is 50.7 Å². The van der Waals surface area contributed by atoms with Crippen molar-refractivity contribution in [1.82, 2.24) is 0 Å². The Morgan fingerprint density at radius 2 is 2.54 bits per heavy atom. The molecule has 13 heavy (non-hydrogen) atoms. The fourth-order valence-electron chi connectivity index (χ4n) is 1.09. The standard InChI is InChI=1S/C9H12ClN3/c1-12-8(4-5-11)9-7(10)3-2-6-13-9/h4-6H,2-3,11H2,1H3. The summed E-state index contributed by atoms with van der Waals surface area (Å²) in [6, 6.07) is 0. The molecule has 1 heterocycles. The smallest absolute Gasteiger partial charge is 0.102 e. The van der Waals surface area contributed by atoms with Crippen LogP contribution in [0.5, 0.6) is 0 Å². The first-order chi connectivity index (χ1) is 6.29. The van der Waals surface area contributed by atoms with E-state index in [-0.39, 0.29) is 0 Å². The quantitative estimate of drug-likeness (QED) is 0.675. The molecule has 0 aromatic heterocycles. The van der Waals surface area contributed by atoms with Crippen molar-refractivity contribution in [2.24, 2.45) is 15.7 Å². The SMILES string of the molecule is CN=C(C=CN)C1=C(Cl)CCC=N1. The Bertz CT molecular complexity index is 300. The van der Waals surface area contributed by atoms with Crippen molar-refractivity contribution in [2.45, 2.75) is 12.8 Å². The molecule has 0 fully saturated rings. The number of hydrogen-bond acceptors (Lipinski definition) is 3. The van der Waals surface area contributed by atoms with Gasteiger partial charge in [0.25, 0.3) is 0 Å². The second-order valence-corrected chi connectivity index (χ2v) is 3.03. The molecule has 0 saturated heterocycles. The van der Waals surface area contributed by atoms with Crippen LogP contribution in [0.4, 0.5) is 0 Å². The van der Waals surface area contributed by atoms with Gasteiger partial charge in [0.15, 0.2) is 0 Å². The molecule has 4 heteroatoms. The van der Waals surface area contributed by atoms with Crippen LogP contribution < -0.4 is 5.73 Å². The highest BCUT2D eigenvalue weighted by Crippen LogP contribution is 2.21. The zero-order valence-corrected chi connectivity index (χ0v) is 8.25. The zero-order valence-electron chi connectivity index (χ0n) is 7.50. The first-order valence-electron chi connectivity index (χ1n) is 4.06. The fraction of sp³-hybridized carbons (Fsp3) is 0.333. The molecule has 0 aromatic rings. The zero-order chi connectivity index (χ0) is 9.68. The Morgan fingerprint density at radius 3 is 3.08 bits per heavy atom. The molecular formula is C9H12ClN3. The van der Waals surface area contributed by atoms with E-state index in [1.807, 2.05) is 6.21 Å². The average Bonchev–Trinajstić information content (AvgIpc) is 2.16. The molecule has 0 saturated carbocycles. The predicted molar refractivity (Wildman–Crippen MR) is 57.3 cm³/mol. The summed E-state index contributed by atoms with van der Waals surface area (Å²) in [5, 5.41) is 0.751. The lowest BCUT2D eigenvalue weighted by Gasteiger charge is -2.09. The fourth-order valence-corrected chi connectivity index (χ4v) is 1.35. The van der Waals surface area contributed by atoms with Gasteiger partial charge in [-0.05, 0) is 25.1 Å². The minimum absolute atomic E-state index is 0.725. The van der Waals surface area contributed by atoms with Crippen molar-refractivity contribution in [1.29, 1.82) is 0 Å². The van der Waals surface area contributed by atoms with Crippen LogP contribution in [0.2, 0.25) is 0 Å². The maximum Gasteiger partial charge on any atom is 0.102 e. The molecule has 0 aliphatic carbocycles. The van der Waals surface area contributed by atoms with Gasteiger partial charge in [0.1, 0.15) is 5.70 Å². The largest absolute Gasteiger partial charge is 0.405 e. The number of rotatable bonds is 2. The summed E-state index contributed by atoms with van der Waals surface area (Å²) in [5.41, 5.74) is 6.74. The Balaban J connectivity index is 2.98. The summed E-state index contributed by atoms with van der Waals surface area (Å²) in [6.45, 7) is 0. The molecule has 0 aromatic carbocycles. The lowest BCUT2D eigenvalue weighted by molar-refractivity contribution is 1.04. The number of nitrogens with two attached hydrogens (primary N) is 1. The predicted octanol–water partition coefficient (Wildman–Crippen LogP) is 1.84. The summed E-state index contributed by atoms with van der Waals surface area (Å²) < 4.78 is 0. The van der Waals surface area contributed by atoms with Gasteiger partial charge in [0.05, 0.1) is 5.71 Å². The molecule has 0 radical (unpaired) electrons. The van der Waals surface area contributed by atoms with E-state index in [9.17, 15) is 0 Å². The Labute approximate surface area is 82.7 Å². The van der Waals surface area contributed by atoms with Crippen LogP contribution in [0.1, 0.15) is 12.8 Å². The van der Waals surface area contributed by atoms with Crippen molar-refractivity contribution >= 4 is 23.5 Å². The second kappa shape index (κ2) is 4.82. The Kier molecular flexibility index (Phi) is 3.71. The van der Waals surface area contributed by atoms with Crippen molar-refractivity contribution in [3.63, 3.8) is 0 Å². The van der Waals surface area contributed by atoms with Crippen molar-refractivity contribution < 1.29 is 0 Å². The van der Waals surface area contributed by atoms with Gasteiger partial charge < -0.3 is 5.73 Å². The normalized spacial score (nSPS) is 18.8. The minimum Gasteiger partial charge on any atom is -0.405 e. The van der Waals surface area contributed by atoms with E-state index in [1.54, 1.807) is 13.1 Å². The van der Waals surface area contributed by atoms with Crippen molar-refractivity contribution in [3.8, 4) is 0 Å². The molecule has 2 N–H and O–H groups in total. The molecule has 1 aliphatic rings. The van der Waals surface area contributed by atoms with Gasteiger partial charge in [-0.25, -0.2) is 0 Å². The van der Waals surface area contributed by atoms with Crippen LogP contribution in [0.15, 0.2) is 33.0 Å². The number of allylic oxidation sites excluding steroid dienone is 2. The molecule has 0 bridgehead atoms. The lowest BCUT2D eigenvalue weighted by Crippen LogP contribution is -2.04. The number of aliphatic imine (C=N–C) groups is 2. The molecule has 0 spiro atoms. The third-order valence-corrected chi connectivity index (χ3v) is 2.08. The van der Waals surface area contributed by atoms with E-state index in [2.05, 4.69) is 9.98 Å². The van der Waals surface area contributed by atoms with E-state index in [4.69, 9.17) is 17.3 Å². The van der Waals surface area contributed by atoms with Gasteiger partial charge in [0, 0.05) is 18.3 Å². The molecule has 1 rings (SSSR count). The first kappa shape index (κ1) is 9.99. The van der Waals surface area contributed by atoms with E-state index in [1.165, 1.54) is 6.20 Å². The van der Waals surface area contributed by atoms with Crippen molar-refractivity contribution in [2.75, 3.05) is 7.05 Å². The second-order valence-electron chi connectivity index (χ2n) is 2.57. The maximum atomic E-state index is 6.00. The summed E-state index contributed by atoms with van der Waals surface area (Å²) in [4.78, 5) is 8.23. The molecule has 0 unspecified atom stereocenters. The molecule has 0 amide bonds. The van der Waals surface area contributed by atoms with Crippen LogP contribution in [-0.2, 0) is 0 Å². The van der Waals surface area contributed by atoms with Gasteiger partial charge in [-0.3, -0.25) is 9.98 Å². The van der Waals surface area contributed by atoms with Crippen LogP contribution in [0.25, 0.3) is 0 Å². The summed E-state index contributed by atoms with van der Waals surface area (Å²) in [7, 11) is 1.69. The van der Waals surface area contributed by atoms with E-state index in [0.717, 1.165) is 29.3 Å². The Morgan fingerprint density at radius 1 is 1.77 bits per heavy atom. The van der Waals surface area contributed by atoms with Gasteiger partial charge >= 0.3 is 0 Å². The van der Waals surface area contributed by atoms with Gasteiger partial charge in [-0.15, -0.1) is 0 Å². The van der Waals surface area contributed by atoms with Gasteiger partial charge in [-0.1, -0.05) is 11.6 Å². The third kappa shape index (κ3) is 2.42. The first-order valence-corrected chi connectivity index (χ1v) is 4.44. The number of hydrogen-bond donors (Lipinski definition) is 1. The molecular weight excluding hydrogens is 186 g/mol. The van der Waals surface area contributed by atoms with Crippen LogP contribution in [0, 0.1) is 0 Å². The molecule has 70 valence electrons. The minimum atomic E-state index is 0.725. The monoisotopic (exact) mass is 197 g/mol. The lowest BCUT2D eigenvalue weighted by atomic mass is 10.1. The van der Waals surface area contributed by atoms with E-state index >= 15 is 0 Å². The highest BCUT2D eigenvalue weighted by atomic mass is 35.5. The van der Waals surface area contributed by atoms with E-state index < -0.39 is 0 Å². The van der Waals surface area contributed by atoms with Gasteiger partial charge in [0.2, 0.25) is 0 Å². The van der Waals surface area contributed by atoms with E-state index in [0.29, 0.717) is 0 Å². The molecule has 0 atom stereocenters.